The van der Waals surface area contributed by atoms with Gasteiger partial charge in [0.1, 0.15) is 24.9 Å². The van der Waals surface area contributed by atoms with Crippen LogP contribution in [0.1, 0.15) is 37.8 Å². The third-order valence-corrected chi connectivity index (χ3v) is 4.96. The third kappa shape index (κ3) is 3.49. The Morgan fingerprint density at radius 3 is 2.60 bits per heavy atom. The first-order valence-corrected chi connectivity index (χ1v) is 9.36. The normalized spacial score (nSPS) is 17.2. The molecular weight excluding hydrogens is 389 g/mol. The van der Waals surface area contributed by atoms with Gasteiger partial charge in [-0.15, -0.1) is 5.10 Å². The molecule has 0 saturated carbocycles. The minimum absolute atomic E-state index is 0.141. The smallest absolute Gasteiger partial charge is 0.258 e. The van der Waals surface area contributed by atoms with Gasteiger partial charge in [0.05, 0.1) is 11.5 Å². The maximum atomic E-state index is 13.8. The van der Waals surface area contributed by atoms with E-state index in [1.807, 2.05) is 30.3 Å². The molecule has 8 nitrogen and oxygen atoms in total. The molecule has 2 atom stereocenters. The average Bonchev–Trinajstić information content (AvgIpc) is 3.35. The summed E-state index contributed by atoms with van der Waals surface area (Å²) in [6.45, 7) is -0.735. The van der Waals surface area contributed by atoms with Crippen molar-refractivity contribution in [2.45, 2.75) is 12.0 Å². The zero-order chi connectivity index (χ0) is 21.3. The minimum Gasteiger partial charge on any atom is -0.486 e. The van der Waals surface area contributed by atoms with E-state index in [0.29, 0.717) is 11.3 Å². The number of aromatic nitrogens is 3. The van der Waals surface area contributed by atoms with Gasteiger partial charge in [-0.1, -0.05) is 30.3 Å². The van der Waals surface area contributed by atoms with Gasteiger partial charge in [0, 0.05) is 25.2 Å². The Balaban J connectivity index is 1.81. The predicted molar refractivity (Wildman–Crippen MR) is 107 cm³/mol. The van der Waals surface area contributed by atoms with Crippen LogP contribution in [0, 0.1) is 0 Å². The maximum Gasteiger partial charge on any atom is 0.258 e. The highest BCUT2D eigenvalue weighted by molar-refractivity contribution is 6.06. The highest BCUT2D eigenvalue weighted by Crippen LogP contribution is 2.45. The Morgan fingerprint density at radius 1 is 1.20 bits per heavy atom. The molecule has 1 aromatic heterocycles. The first kappa shape index (κ1) is 19.6. The highest BCUT2D eigenvalue weighted by Gasteiger charge is 2.39. The molecule has 30 heavy (non-hydrogen) atoms. The number of carbonyl (C=O) groups is 2. The molecule has 0 spiro atoms. The second-order valence-corrected chi connectivity index (χ2v) is 6.92. The number of carbonyl (C=O) groups excluding carboxylic acids is 2. The number of alkyl halides is 1. The van der Waals surface area contributed by atoms with Crippen LogP contribution in [0.15, 0.2) is 48.8 Å². The summed E-state index contributed by atoms with van der Waals surface area (Å²) < 4.78 is 21.1. The van der Waals surface area contributed by atoms with Gasteiger partial charge in [0.25, 0.3) is 11.8 Å². The van der Waals surface area contributed by atoms with E-state index in [1.54, 1.807) is 13.1 Å². The largest absolute Gasteiger partial charge is 0.486 e. The predicted octanol–water partition coefficient (Wildman–Crippen LogP) is 2.29. The van der Waals surface area contributed by atoms with Crippen molar-refractivity contribution in [2.75, 3.05) is 19.0 Å². The molecule has 3 aromatic rings. The molecule has 0 aliphatic carbocycles. The van der Waals surface area contributed by atoms with Crippen LogP contribution < -0.4 is 15.4 Å². The van der Waals surface area contributed by atoms with Crippen molar-refractivity contribution in [3.05, 3.63) is 71.0 Å². The van der Waals surface area contributed by atoms with Crippen molar-refractivity contribution in [3.8, 4) is 5.75 Å². The first-order chi connectivity index (χ1) is 14.5. The van der Waals surface area contributed by atoms with Crippen LogP contribution in [0.4, 0.5) is 10.3 Å². The zero-order valence-electron chi connectivity index (χ0n) is 16.4. The number of hydrogen-bond acceptors (Lipinski definition) is 5. The SMILES string of the molecule is CNC(=O)c1cc(C(=O)Nc2ncn(C)n2)cc2c1O[C@@H](CF)[C@@H]2c1ccccc1. The molecule has 0 bridgehead atoms. The molecule has 2 N–H and O–H groups in total. The lowest BCUT2D eigenvalue weighted by atomic mass is 9.86. The van der Waals surface area contributed by atoms with E-state index < -0.39 is 30.5 Å². The Morgan fingerprint density at radius 2 is 1.97 bits per heavy atom. The fourth-order valence-corrected chi connectivity index (χ4v) is 3.61. The number of aryl methyl sites for hydroxylation is 1. The molecule has 0 unspecified atom stereocenters. The van der Waals surface area contributed by atoms with Crippen molar-refractivity contribution >= 4 is 17.8 Å². The van der Waals surface area contributed by atoms with Gasteiger partial charge in [0.15, 0.2) is 0 Å². The Labute approximate surface area is 172 Å². The van der Waals surface area contributed by atoms with E-state index >= 15 is 0 Å². The maximum absolute atomic E-state index is 13.8. The highest BCUT2D eigenvalue weighted by atomic mass is 19.1. The van der Waals surface area contributed by atoms with E-state index in [0.717, 1.165) is 5.56 Å². The molecular formula is C21H20FN5O3. The second-order valence-electron chi connectivity index (χ2n) is 6.92. The number of rotatable bonds is 5. The number of amides is 2. The van der Waals surface area contributed by atoms with Crippen LogP contribution in [0.3, 0.4) is 0 Å². The summed E-state index contributed by atoms with van der Waals surface area (Å²) in [6.07, 6.45) is 0.668. The molecule has 4 rings (SSSR count). The van der Waals surface area contributed by atoms with Crippen LogP contribution in [-0.4, -0.2) is 46.4 Å². The summed E-state index contributed by atoms with van der Waals surface area (Å²) >= 11 is 0. The summed E-state index contributed by atoms with van der Waals surface area (Å²) in [5, 5.41) is 9.18. The third-order valence-electron chi connectivity index (χ3n) is 4.96. The molecule has 2 heterocycles. The number of hydrogen-bond donors (Lipinski definition) is 2. The molecule has 2 aromatic carbocycles. The van der Waals surface area contributed by atoms with Crippen LogP contribution in [0.2, 0.25) is 0 Å². The number of benzene rings is 2. The Bertz CT molecular complexity index is 1100. The molecule has 2 amide bonds. The van der Waals surface area contributed by atoms with E-state index in [1.165, 1.54) is 24.1 Å². The zero-order valence-corrected chi connectivity index (χ0v) is 16.4. The van der Waals surface area contributed by atoms with Gasteiger partial charge < -0.3 is 10.1 Å². The van der Waals surface area contributed by atoms with E-state index in [9.17, 15) is 14.0 Å². The Kier molecular flexibility index (Phi) is 5.18. The van der Waals surface area contributed by atoms with Gasteiger partial charge >= 0.3 is 0 Å². The van der Waals surface area contributed by atoms with Crippen molar-refractivity contribution in [1.29, 1.82) is 0 Å². The van der Waals surface area contributed by atoms with Crippen molar-refractivity contribution in [3.63, 3.8) is 0 Å². The van der Waals surface area contributed by atoms with Gasteiger partial charge in [-0.3, -0.25) is 19.6 Å². The van der Waals surface area contributed by atoms with Gasteiger partial charge in [-0.25, -0.2) is 9.37 Å². The summed E-state index contributed by atoms with van der Waals surface area (Å²) in [5.41, 5.74) is 1.82. The summed E-state index contributed by atoms with van der Waals surface area (Å²) in [7, 11) is 3.16. The second kappa shape index (κ2) is 7.94. The van der Waals surface area contributed by atoms with Gasteiger partial charge in [-0.05, 0) is 17.7 Å². The van der Waals surface area contributed by atoms with E-state index in [2.05, 4.69) is 20.7 Å². The fraction of sp³-hybridized carbons (Fsp3) is 0.238. The number of fused-ring (bicyclic) bond motifs is 1. The van der Waals surface area contributed by atoms with E-state index in [-0.39, 0.29) is 17.1 Å². The molecule has 0 fully saturated rings. The number of halogens is 1. The van der Waals surface area contributed by atoms with Crippen molar-refractivity contribution in [2.24, 2.45) is 7.05 Å². The fourth-order valence-electron chi connectivity index (χ4n) is 3.61. The first-order valence-electron chi connectivity index (χ1n) is 9.36. The number of ether oxygens (including phenoxy) is 1. The molecule has 9 heteroatoms. The quantitative estimate of drug-likeness (QED) is 0.674. The summed E-state index contributed by atoms with van der Waals surface area (Å²) in [6, 6.07) is 12.4. The van der Waals surface area contributed by atoms with Crippen LogP contribution in [0.25, 0.3) is 0 Å². The Hall–Kier alpha value is -3.75. The monoisotopic (exact) mass is 409 g/mol. The lowest BCUT2D eigenvalue weighted by Crippen LogP contribution is -2.22. The molecule has 154 valence electrons. The van der Waals surface area contributed by atoms with Gasteiger partial charge in [-0.2, -0.15) is 0 Å². The van der Waals surface area contributed by atoms with Crippen LogP contribution in [-0.2, 0) is 7.05 Å². The van der Waals surface area contributed by atoms with Crippen molar-refractivity contribution in [1.82, 2.24) is 20.1 Å². The summed E-state index contributed by atoms with van der Waals surface area (Å²) in [5.74, 6) is -0.927. The lowest BCUT2D eigenvalue weighted by molar-refractivity contribution is 0.0955. The van der Waals surface area contributed by atoms with Gasteiger partial charge in [0.2, 0.25) is 5.95 Å². The molecule has 1 aliphatic rings. The summed E-state index contributed by atoms with van der Waals surface area (Å²) in [4.78, 5) is 29.3. The average molecular weight is 409 g/mol. The molecule has 0 saturated heterocycles. The number of nitrogens with one attached hydrogen (secondary N) is 2. The molecule has 1 aliphatic heterocycles. The van der Waals surface area contributed by atoms with E-state index in [4.69, 9.17) is 4.74 Å². The minimum atomic E-state index is -0.790. The van der Waals surface area contributed by atoms with Crippen LogP contribution >= 0.6 is 0 Å². The van der Waals surface area contributed by atoms with Crippen LogP contribution in [0.5, 0.6) is 5.75 Å². The van der Waals surface area contributed by atoms with Crippen molar-refractivity contribution < 1.29 is 18.7 Å². The number of nitrogens with zero attached hydrogens (tertiary/aromatic N) is 3. The lowest BCUT2D eigenvalue weighted by Gasteiger charge is -2.16. The standard InChI is InChI=1S/C21H20FN5O3/c1-23-20(29)15-9-13(19(28)25-21-24-11-27(2)26-21)8-14-17(12-6-4-3-5-7-12)16(10-22)30-18(14)15/h3-9,11,16-17H,10H2,1-2H3,(H,23,29)(H,25,26,28)/t16-,17+/m0/s1. The topological polar surface area (TPSA) is 98.1 Å². The number of anilines is 1. The molecule has 0 radical (unpaired) electrons.